The molecule has 0 radical (unpaired) electrons. The normalized spacial score (nSPS) is 14.1. The third-order valence-corrected chi connectivity index (χ3v) is 4.56. The monoisotopic (exact) mass is 318 g/mol. The maximum Gasteiger partial charge on any atom is 0.350 e. The molecule has 0 aliphatic heterocycles. The molecular formula is C13H22N2O3S2. The summed E-state index contributed by atoms with van der Waals surface area (Å²) in [5, 5.41) is 0.712. The molecule has 1 rings (SSSR count). The van der Waals surface area contributed by atoms with Crippen molar-refractivity contribution in [2.45, 2.75) is 58.4 Å². The quantitative estimate of drug-likeness (QED) is 0.867. The average Bonchev–Trinajstić information content (AvgIpc) is 2.70. The number of carbonyl (C=O) groups is 1. The van der Waals surface area contributed by atoms with E-state index in [-0.39, 0.29) is 10.7 Å². The smallest absolute Gasteiger partial charge is 0.350 e. The first-order chi connectivity index (χ1) is 8.99. The summed E-state index contributed by atoms with van der Waals surface area (Å²) in [7, 11) is -1.15. The second-order valence-corrected chi connectivity index (χ2v) is 9.49. The molecule has 1 heterocycles. The van der Waals surface area contributed by atoms with E-state index in [0.29, 0.717) is 16.4 Å². The Hall–Kier alpha value is -0.790. The van der Waals surface area contributed by atoms with Gasteiger partial charge >= 0.3 is 5.97 Å². The van der Waals surface area contributed by atoms with Crippen LogP contribution in [0, 0.1) is 0 Å². The Balaban J connectivity index is 2.60. The zero-order chi connectivity index (χ0) is 15.6. The molecule has 1 atom stereocenters. The molecule has 0 bridgehead atoms. The van der Waals surface area contributed by atoms with E-state index in [0.717, 1.165) is 0 Å². The Morgan fingerprint density at radius 1 is 1.35 bits per heavy atom. The van der Waals surface area contributed by atoms with Crippen LogP contribution in [0.4, 0.5) is 0 Å². The Labute approximate surface area is 126 Å². The van der Waals surface area contributed by atoms with Gasteiger partial charge in [-0.15, -0.1) is 11.3 Å². The number of hydrogen-bond acceptors (Lipinski definition) is 5. The number of thiazole rings is 1. The van der Waals surface area contributed by atoms with Crippen LogP contribution in [0.15, 0.2) is 6.20 Å². The minimum Gasteiger partial charge on any atom is -0.456 e. The standard InChI is InChI=1S/C13H22N2O3S2/c1-12(2,3)18-11(16)9-7-14-10(19-9)8-15-20(17)13(4,5)6/h7,15H,8H2,1-6H3. The van der Waals surface area contributed by atoms with Crippen molar-refractivity contribution in [3.05, 3.63) is 16.1 Å². The van der Waals surface area contributed by atoms with Gasteiger partial charge in [0.25, 0.3) is 0 Å². The summed E-state index contributed by atoms with van der Waals surface area (Å²) >= 11 is 1.25. The lowest BCUT2D eigenvalue weighted by Crippen LogP contribution is -2.32. The third-order valence-electron chi connectivity index (χ3n) is 2.06. The summed E-state index contributed by atoms with van der Waals surface area (Å²) in [6.45, 7) is 11.5. The lowest BCUT2D eigenvalue weighted by atomic mass is 10.2. The molecule has 1 aromatic heterocycles. The van der Waals surface area contributed by atoms with Gasteiger partial charge in [0.2, 0.25) is 0 Å². The molecule has 0 amide bonds. The molecule has 1 aromatic rings. The van der Waals surface area contributed by atoms with Crippen molar-refractivity contribution in [1.29, 1.82) is 0 Å². The number of ether oxygens (including phenoxy) is 1. The molecule has 0 saturated heterocycles. The molecule has 0 aliphatic rings. The van der Waals surface area contributed by atoms with E-state index in [2.05, 4.69) is 9.71 Å². The number of nitrogens with zero attached hydrogens (tertiary/aromatic N) is 1. The Morgan fingerprint density at radius 3 is 2.45 bits per heavy atom. The molecule has 0 fully saturated rings. The number of rotatable bonds is 4. The van der Waals surface area contributed by atoms with Crippen molar-refractivity contribution < 1.29 is 13.7 Å². The Kier molecular flexibility index (Phi) is 5.46. The van der Waals surface area contributed by atoms with E-state index in [1.807, 2.05) is 41.5 Å². The van der Waals surface area contributed by atoms with Crippen LogP contribution in [-0.4, -0.2) is 25.5 Å². The lowest BCUT2D eigenvalue weighted by molar-refractivity contribution is 0.00749. The van der Waals surface area contributed by atoms with E-state index in [1.165, 1.54) is 17.5 Å². The summed E-state index contributed by atoms with van der Waals surface area (Å²) in [6, 6.07) is 0. The fourth-order valence-corrected chi connectivity index (χ4v) is 2.68. The van der Waals surface area contributed by atoms with E-state index in [9.17, 15) is 9.00 Å². The third kappa shape index (κ3) is 5.68. The number of nitrogens with one attached hydrogen (secondary N) is 1. The predicted octanol–water partition coefficient (Wildman–Crippen LogP) is 2.65. The van der Waals surface area contributed by atoms with Crippen LogP contribution in [0.5, 0.6) is 0 Å². The van der Waals surface area contributed by atoms with Gasteiger partial charge in [-0.3, -0.25) is 0 Å². The van der Waals surface area contributed by atoms with Crippen molar-refractivity contribution >= 4 is 28.3 Å². The van der Waals surface area contributed by atoms with E-state index < -0.39 is 16.6 Å². The van der Waals surface area contributed by atoms with Gasteiger partial charge in [-0.2, -0.15) is 0 Å². The first-order valence-corrected chi connectivity index (χ1v) is 8.29. The van der Waals surface area contributed by atoms with Gasteiger partial charge in [-0.05, 0) is 41.5 Å². The van der Waals surface area contributed by atoms with E-state index in [4.69, 9.17) is 4.74 Å². The van der Waals surface area contributed by atoms with Crippen molar-refractivity contribution in [2.75, 3.05) is 0 Å². The van der Waals surface area contributed by atoms with Crippen LogP contribution in [0.3, 0.4) is 0 Å². The maximum atomic E-state index is 11.9. The van der Waals surface area contributed by atoms with Gasteiger partial charge in [0.15, 0.2) is 0 Å². The van der Waals surface area contributed by atoms with Crippen LogP contribution in [0.1, 0.15) is 56.2 Å². The number of hydrogen-bond donors (Lipinski definition) is 1. The topological polar surface area (TPSA) is 68.3 Å². The van der Waals surface area contributed by atoms with Crippen LogP contribution >= 0.6 is 11.3 Å². The van der Waals surface area contributed by atoms with Crippen LogP contribution in [0.2, 0.25) is 0 Å². The highest BCUT2D eigenvalue weighted by Gasteiger charge is 2.21. The predicted molar refractivity (Wildman–Crippen MR) is 82.0 cm³/mol. The minimum absolute atomic E-state index is 0.328. The largest absolute Gasteiger partial charge is 0.456 e. The highest BCUT2D eigenvalue weighted by atomic mass is 32.2. The first-order valence-electron chi connectivity index (χ1n) is 6.32. The fourth-order valence-electron chi connectivity index (χ4n) is 1.16. The molecule has 0 aliphatic carbocycles. The van der Waals surface area contributed by atoms with E-state index in [1.54, 1.807) is 0 Å². The van der Waals surface area contributed by atoms with Gasteiger partial charge in [-0.25, -0.2) is 18.7 Å². The number of carbonyl (C=O) groups excluding carboxylic acids is 1. The van der Waals surface area contributed by atoms with Crippen molar-refractivity contribution in [2.24, 2.45) is 0 Å². The summed E-state index contributed by atoms with van der Waals surface area (Å²) in [5.41, 5.74) is -0.521. The van der Waals surface area contributed by atoms with Crippen LogP contribution in [-0.2, 0) is 22.3 Å². The highest BCUT2D eigenvalue weighted by molar-refractivity contribution is 7.84. The molecule has 114 valence electrons. The minimum atomic E-state index is -1.15. The second-order valence-electron chi connectivity index (χ2n) is 6.32. The Bertz CT molecular complexity index is 498. The average molecular weight is 318 g/mol. The zero-order valence-corrected chi connectivity index (χ0v) is 14.4. The molecule has 5 nitrogen and oxygen atoms in total. The van der Waals surface area contributed by atoms with Gasteiger partial charge in [0, 0.05) is 0 Å². The fraction of sp³-hybridized carbons (Fsp3) is 0.692. The SMILES string of the molecule is CC(C)(C)OC(=O)c1cnc(CNS(=O)C(C)(C)C)s1. The zero-order valence-electron chi connectivity index (χ0n) is 12.8. The van der Waals surface area contributed by atoms with Gasteiger partial charge in [0.05, 0.1) is 28.5 Å². The molecule has 1 unspecified atom stereocenters. The van der Waals surface area contributed by atoms with Crippen molar-refractivity contribution in [1.82, 2.24) is 9.71 Å². The lowest BCUT2D eigenvalue weighted by Gasteiger charge is -2.18. The molecular weight excluding hydrogens is 296 g/mol. The molecule has 0 spiro atoms. The molecule has 1 N–H and O–H groups in total. The molecule has 7 heteroatoms. The molecule has 0 aromatic carbocycles. The summed E-state index contributed by atoms with van der Waals surface area (Å²) in [6.07, 6.45) is 1.50. The van der Waals surface area contributed by atoms with Crippen LogP contribution < -0.4 is 4.72 Å². The second kappa shape index (κ2) is 6.32. The molecule has 20 heavy (non-hydrogen) atoms. The molecule has 0 saturated carbocycles. The summed E-state index contributed by atoms with van der Waals surface area (Å²) in [4.78, 5) is 16.4. The number of aromatic nitrogens is 1. The summed E-state index contributed by atoms with van der Waals surface area (Å²) < 4.78 is 19.7. The number of esters is 1. The maximum absolute atomic E-state index is 11.9. The van der Waals surface area contributed by atoms with Gasteiger partial charge in [-0.1, -0.05) is 0 Å². The van der Waals surface area contributed by atoms with Crippen molar-refractivity contribution in [3.63, 3.8) is 0 Å². The highest BCUT2D eigenvalue weighted by Crippen LogP contribution is 2.18. The first kappa shape index (κ1) is 17.3. The van der Waals surface area contributed by atoms with Gasteiger partial charge in [0.1, 0.15) is 15.5 Å². The Morgan fingerprint density at radius 2 is 1.95 bits per heavy atom. The van der Waals surface area contributed by atoms with Gasteiger partial charge < -0.3 is 4.74 Å². The van der Waals surface area contributed by atoms with E-state index >= 15 is 0 Å². The van der Waals surface area contributed by atoms with Crippen molar-refractivity contribution in [3.8, 4) is 0 Å². The van der Waals surface area contributed by atoms with Crippen LogP contribution in [0.25, 0.3) is 0 Å². The summed E-state index contributed by atoms with van der Waals surface area (Å²) in [5.74, 6) is -0.377.